The van der Waals surface area contributed by atoms with E-state index in [1.54, 1.807) is 0 Å². The van der Waals surface area contributed by atoms with E-state index >= 15 is 0 Å². The Morgan fingerprint density at radius 2 is 1.52 bits per heavy atom. The first-order valence-electron chi connectivity index (χ1n) is 8.73. The van der Waals surface area contributed by atoms with E-state index in [4.69, 9.17) is 5.73 Å². The topological polar surface area (TPSA) is 29.3 Å². The maximum atomic E-state index is 6.10. The number of rotatable bonds is 5. The van der Waals surface area contributed by atoms with E-state index in [0.717, 1.165) is 18.9 Å². The Morgan fingerprint density at radius 3 is 2.05 bits per heavy atom. The Hall–Kier alpha value is -0.860. The summed E-state index contributed by atoms with van der Waals surface area (Å²) in [5.41, 5.74) is 8.94. The van der Waals surface area contributed by atoms with E-state index < -0.39 is 0 Å². The van der Waals surface area contributed by atoms with Gasteiger partial charge in [0.1, 0.15) is 0 Å². The summed E-state index contributed by atoms with van der Waals surface area (Å²) in [6, 6.07) is 9.59. The summed E-state index contributed by atoms with van der Waals surface area (Å²) in [6.07, 6.45) is 7.97. The van der Waals surface area contributed by atoms with Gasteiger partial charge in [-0.1, -0.05) is 57.4 Å². The van der Waals surface area contributed by atoms with Crippen LogP contribution in [0, 0.1) is 5.92 Å². The first kappa shape index (κ1) is 16.5. The summed E-state index contributed by atoms with van der Waals surface area (Å²) < 4.78 is 0. The van der Waals surface area contributed by atoms with Crippen molar-refractivity contribution in [2.75, 3.05) is 19.6 Å². The summed E-state index contributed by atoms with van der Waals surface area (Å²) in [4.78, 5) is 2.61. The van der Waals surface area contributed by atoms with Gasteiger partial charge in [0.15, 0.2) is 0 Å². The standard InChI is InChI=1S/C19H32N2/c1-16(2)14-17-8-10-18(11-9-17)19(15-20)21-12-6-4-3-5-7-13-21/h8-11,16,19H,3-7,12-15,20H2,1-2H3. The molecule has 1 aliphatic rings. The van der Waals surface area contributed by atoms with Crippen molar-refractivity contribution in [3.8, 4) is 0 Å². The summed E-state index contributed by atoms with van der Waals surface area (Å²) in [6.45, 7) is 7.68. The van der Waals surface area contributed by atoms with Crippen molar-refractivity contribution in [2.24, 2.45) is 11.7 Å². The fourth-order valence-corrected chi connectivity index (χ4v) is 3.43. The van der Waals surface area contributed by atoms with Crippen LogP contribution in [0.3, 0.4) is 0 Å². The van der Waals surface area contributed by atoms with Gasteiger partial charge in [0.2, 0.25) is 0 Å². The molecule has 0 bridgehead atoms. The molecule has 1 aromatic rings. The molecule has 0 aliphatic carbocycles. The lowest BCUT2D eigenvalue weighted by atomic mass is 9.98. The number of nitrogens with zero attached hydrogens (tertiary/aromatic N) is 1. The minimum absolute atomic E-state index is 0.399. The first-order chi connectivity index (χ1) is 10.2. The van der Waals surface area contributed by atoms with Crippen molar-refractivity contribution in [1.82, 2.24) is 4.90 Å². The Kier molecular flexibility index (Phi) is 6.72. The zero-order chi connectivity index (χ0) is 15.1. The SMILES string of the molecule is CC(C)Cc1ccc(C(CN)N2CCCCCCC2)cc1. The van der Waals surface area contributed by atoms with Crippen LogP contribution in [0.4, 0.5) is 0 Å². The van der Waals surface area contributed by atoms with Crippen LogP contribution in [-0.2, 0) is 6.42 Å². The molecule has 0 amide bonds. The van der Waals surface area contributed by atoms with E-state index in [0.29, 0.717) is 6.04 Å². The van der Waals surface area contributed by atoms with Gasteiger partial charge in [-0.25, -0.2) is 0 Å². The molecule has 1 atom stereocenters. The second-order valence-electron chi connectivity index (χ2n) is 6.89. The summed E-state index contributed by atoms with van der Waals surface area (Å²) in [5, 5.41) is 0. The molecule has 2 rings (SSSR count). The highest BCUT2D eigenvalue weighted by molar-refractivity contribution is 5.25. The molecular formula is C19H32N2. The van der Waals surface area contributed by atoms with Crippen LogP contribution in [0.1, 0.15) is 63.1 Å². The first-order valence-corrected chi connectivity index (χ1v) is 8.73. The third kappa shape index (κ3) is 5.12. The van der Waals surface area contributed by atoms with Crippen molar-refractivity contribution in [3.63, 3.8) is 0 Å². The second kappa shape index (κ2) is 8.55. The van der Waals surface area contributed by atoms with Crippen LogP contribution in [0.5, 0.6) is 0 Å². The van der Waals surface area contributed by atoms with Gasteiger partial charge in [-0.15, -0.1) is 0 Å². The number of benzene rings is 1. The van der Waals surface area contributed by atoms with Gasteiger partial charge in [0.05, 0.1) is 0 Å². The third-order valence-corrected chi connectivity index (χ3v) is 4.56. The van der Waals surface area contributed by atoms with Crippen LogP contribution in [0.15, 0.2) is 24.3 Å². The quantitative estimate of drug-likeness (QED) is 0.882. The average Bonchev–Trinajstić information content (AvgIpc) is 2.42. The molecule has 0 saturated carbocycles. The number of likely N-dealkylation sites (tertiary alicyclic amines) is 1. The molecule has 0 aromatic heterocycles. The maximum Gasteiger partial charge on any atom is 0.0470 e. The normalized spacial score (nSPS) is 19.2. The number of nitrogens with two attached hydrogens (primary N) is 1. The molecule has 0 spiro atoms. The highest BCUT2D eigenvalue weighted by Gasteiger charge is 2.19. The molecular weight excluding hydrogens is 256 g/mol. The Labute approximate surface area is 130 Å². The zero-order valence-corrected chi connectivity index (χ0v) is 13.9. The summed E-state index contributed by atoms with van der Waals surface area (Å²) >= 11 is 0. The van der Waals surface area contributed by atoms with Gasteiger partial charge in [0.25, 0.3) is 0 Å². The largest absolute Gasteiger partial charge is 0.329 e. The van der Waals surface area contributed by atoms with Crippen LogP contribution in [0.25, 0.3) is 0 Å². The fraction of sp³-hybridized carbons (Fsp3) is 0.684. The lowest BCUT2D eigenvalue weighted by Crippen LogP contribution is -2.36. The summed E-state index contributed by atoms with van der Waals surface area (Å²) in [7, 11) is 0. The number of hydrogen-bond donors (Lipinski definition) is 1. The molecule has 1 heterocycles. The van der Waals surface area contributed by atoms with Crippen molar-refractivity contribution < 1.29 is 0 Å². The lowest BCUT2D eigenvalue weighted by molar-refractivity contribution is 0.183. The highest BCUT2D eigenvalue weighted by atomic mass is 15.2. The maximum absolute atomic E-state index is 6.10. The van der Waals surface area contributed by atoms with Crippen molar-refractivity contribution >= 4 is 0 Å². The van der Waals surface area contributed by atoms with Crippen LogP contribution < -0.4 is 5.73 Å². The zero-order valence-electron chi connectivity index (χ0n) is 13.9. The average molecular weight is 288 g/mol. The molecule has 2 heteroatoms. The molecule has 0 radical (unpaired) electrons. The Bertz CT molecular complexity index is 389. The minimum atomic E-state index is 0.399. The van der Waals surface area contributed by atoms with E-state index in [2.05, 4.69) is 43.0 Å². The molecule has 2 nitrogen and oxygen atoms in total. The summed E-state index contributed by atoms with van der Waals surface area (Å²) in [5.74, 6) is 0.718. The Morgan fingerprint density at radius 1 is 0.952 bits per heavy atom. The van der Waals surface area contributed by atoms with Crippen LogP contribution in [-0.4, -0.2) is 24.5 Å². The van der Waals surface area contributed by atoms with Gasteiger partial charge < -0.3 is 5.73 Å². The third-order valence-electron chi connectivity index (χ3n) is 4.56. The van der Waals surface area contributed by atoms with Gasteiger partial charge >= 0.3 is 0 Å². The predicted octanol–water partition coefficient (Wildman–Crippen LogP) is 4.15. The van der Waals surface area contributed by atoms with E-state index in [1.807, 2.05) is 0 Å². The van der Waals surface area contributed by atoms with Crippen LogP contribution in [0.2, 0.25) is 0 Å². The minimum Gasteiger partial charge on any atom is -0.329 e. The van der Waals surface area contributed by atoms with Gasteiger partial charge in [0, 0.05) is 12.6 Å². The Balaban J connectivity index is 2.04. The highest BCUT2D eigenvalue weighted by Crippen LogP contribution is 2.24. The molecule has 1 fully saturated rings. The molecule has 1 unspecified atom stereocenters. The molecule has 2 N–H and O–H groups in total. The van der Waals surface area contributed by atoms with Crippen molar-refractivity contribution in [3.05, 3.63) is 35.4 Å². The molecule has 118 valence electrons. The lowest BCUT2D eigenvalue weighted by Gasteiger charge is -2.32. The van der Waals surface area contributed by atoms with Crippen molar-refractivity contribution in [1.29, 1.82) is 0 Å². The van der Waals surface area contributed by atoms with Crippen LogP contribution >= 0.6 is 0 Å². The van der Waals surface area contributed by atoms with Gasteiger partial charge in [-0.2, -0.15) is 0 Å². The molecule has 1 saturated heterocycles. The van der Waals surface area contributed by atoms with E-state index in [9.17, 15) is 0 Å². The molecule has 1 aromatic carbocycles. The second-order valence-corrected chi connectivity index (χ2v) is 6.89. The van der Waals surface area contributed by atoms with Crippen molar-refractivity contribution in [2.45, 2.75) is 58.4 Å². The van der Waals surface area contributed by atoms with E-state index in [1.165, 1.54) is 56.3 Å². The van der Waals surface area contributed by atoms with Gasteiger partial charge in [-0.05, 0) is 49.4 Å². The molecule has 1 aliphatic heterocycles. The van der Waals surface area contributed by atoms with Gasteiger partial charge in [-0.3, -0.25) is 4.90 Å². The van der Waals surface area contributed by atoms with E-state index in [-0.39, 0.29) is 0 Å². The monoisotopic (exact) mass is 288 g/mol. The number of hydrogen-bond acceptors (Lipinski definition) is 2. The molecule has 21 heavy (non-hydrogen) atoms. The smallest absolute Gasteiger partial charge is 0.0470 e. The predicted molar refractivity (Wildman–Crippen MR) is 91.4 cm³/mol. The fourth-order valence-electron chi connectivity index (χ4n) is 3.43.